The second-order valence-corrected chi connectivity index (χ2v) is 7.52. The Hall–Kier alpha value is -2.66. The molecule has 0 N–H and O–H groups in total. The second-order valence-electron chi connectivity index (χ2n) is 7.52. The van der Waals surface area contributed by atoms with Crippen molar-refractivity contribution < 1.29 is 14.3 Å². The van der Waals surface area contributed by atoms with E-state index in [1.54, 1.807) is 0 Å². The molecule has 0 aliphatic carbocycles. The maximum absolute atomic E-state index is 13.0. The molecule has 1 saturated heterocycles. The Kier molecular flexibility index (Phi) is 7.82. The molecular weight excluding hydrogens is 364 g/mol. The van der Waals surface area contributed by atoms with Crippen LogP contribution in [-0.2, 0) is 27.4 Å². The van der Waals surface area contributed by atoms with Crippen molar-refractivity contribution in [3.63, 3.8) is 0 Å². The zero-order valence-electron chi connectivity index (χ0n) is 17.1. The molecule has 1 fully saturated rings. The molecule has 5 nitrogen and oxygen atoms in total. The van der Waals surface area contributed by atoms with Gasteiger partial charge in [-0.15, -0.1) is 0 Å². The molecule has 1 heterocycles. The molecule has 29 heavy (non-hydrogen) atoms. The van der Waals surface area contributed by atoms with E-state index in [0.29, 0.717) is 39.1 Å². The topological polar surface area (TPSA) is 49.9 Å². The molecule has 0 spiro atoms. The van der Waals surface area contributed by atoms with E-state index in [2.05, 4.69) is 29.2 Å². The van der Waals surface area contributed by atoms with E-state index < -0.39 is 0 Å². The third kappa shape index (κ3) is 6.43. The van der Waals surface area contributed by atoms with E-state index in [-0.39, 0.29) is 17.8 Å². The highest BCUT2D eigenvalue weighted by atomic mass is 16.5. The van der Waals surface area contributed by atoms with Gasteiger partial charge in [0.05, 0.1) is 19.1 Å². The zero-order valence-corrected chi connectivity index (χ0v) is 17.1. The summed E-state index contributed by atoms with van der Waals surface area (Å²) in [6, 6.07) is 20.5. The predicted octanol–water partition coefficient (Wildman–Crippen LogP) is 3.49. The summed E-state index contributed by atoms with van der Waals surface area (Å²) in [6.45, 7) is 5.28. The van der Waals surface area contributed by atoms with Gasteiger partial charge in [-0.2, -0.15) is 0 Å². The quantitative estimate of drug-likeness (QED) is 0.643. The van der Waals surface area contributed by atoms with Gasteiger partial charge in [-0.1, -0.05) is 60.7 Å². The summed E-state index contributed by atoms with van der Waals surface area (Å²) in [5, 5.41) is 0. The lowest BCUT2D eigenvalue weighted by Gasteiger charge is -2.33. The highest BCUT2D eigenvalue weighted by Gasteiger charge is 2.28. The molecule has 0 unspecified atom stereocenters. The molecule has 0 radical (unpaired) electrons. The van der Waals surface area contributed by atoms with Crippen LogP contribution in [0.1, 0.15) is 30.9 Å². The van der Waals surface area contributed by atoms with Crippen molar-refractivity contribution in [1.29, 1.82) is 0 Å². The Bertz CT molecular complexity index is 730. The number of benzene rings is 2. The Labute approximate surface area is 173 Å². The maximum Gasteiger partial charge on any atom is 0.309 e. The number of amides is 1. The largest absolute Gasteiger partial charge is 0.466 e. The van der Waals surface area contributed by atoms with E-state index >= 15 is 0 Å². The number of esters is 1. The fraction of sp³-hybridized carbons (Fsp3) is 0.417. The summed E-state index contributed by atoms with van der Waals surface area (Å²) >= 11 is 0. The fourth-order valence-electron chi connectivity index (χ4n) is 3.77. The fourth-order valence-corrected chi connectivity index (χ4v) is 3.77. The molecule has 5 heteroatoms. The molecule has 1 aliphatic rings. The van der Waals surface area contributed by atoms with Crippen molar-refractivity contribution in [3.8, 4) is 0 Å². The first-order valence-corrected chi connectivity index (χ1v) is 10.4. The number of hydrogen-bond acceptors (Lipinski definition) is 4. The molecular formula is C24H30N2O3. The molecule has 0 saturated carbocycles. The predicted molar refractivity (Wildman–Crippen MR) is 113 cm³/mol. The van der Waals surface area contributed by atoms with E-state index in [1.165, 1.54) is 11.1 Å². The van der Waals surface area contributed by atoms with Gasteiger partial charge in [0, 0.05) is 26.2 Å². The van der Waals surface area contributed by atoms with Gasteiger partial charge >= 0.3 is 5.97 Å². The highest BCUT2D eigenvalue weighted by Crippen LogP contribution is 2.19. The number of rotatable bonds is 8. The summed E-state index contributed by atoms with van der Waals surface area (Å²) in [5.41, 5.74) is 2.38. The Morgan fingerprint density at radius 2 is 1.45 bits per heavy atom. The number of likely N-dealkylation sites (tertiary alicyclic amines) is 1. The van der Waals surface area contributed by atoms with Gasteiger partial charge in [-0.05, 0) is 30.9 Å². The normalized spacial score (nSPS) is 14.8. The minimum absolute atomic E-state index is 0.0799. The van der Waals surface area contributed by atoms with E-state index in [0.717, 1.165) is 13.1 Å². The summed E-state index contributed by atoms with van der Waals surface area (Å²) in [6.07, 6.45) is 1.36. The lowest BCUT2D eigenvalue weighted by Crippen LogP contribution is -2.45. The smallest absolute Gasteiger partial charge is 0.309 e. The van der Waals surface area contributed by atoms with Crippen LogP contribution in [0.2, 0.25) is 0 Å². The van der Waals surface area contributed by atoms with Gasteiger partial charge in [0.2, 0.25) is 5.91 Å². The van der Waals surface area contributed by atoms with Gasteiger partial charge in [0.15, 0.2) is 0 Å². The number of piperidine rings is 1. The number of carbonyl (C=O) groups excluding carboxylic acids is 2. The number of carbonyl (C=O) groups is 2. The number of nitrogens with zero attached hydrogens (tertiary/aromatic N) is 2. The second kappa shape index (κ2) is 10.8. The zero-order chi connectivity index (χ0) is 20.5. The van der Waals surface area contributed by atoms with Crippen LogP contribution in [0.3, 0.4) is 0 Å². The number of hydrogen-bond donors (Lipinski definition) is 0. The van der Waals surface area contributed by atoms with Crippen LogP contribution in [0.5, 0.6) is 0 Å². The van der Waals surface area contributed by atoms with Crippen molar-refractivity contribution in [1.82, 2.24) is 9.80 Å². The summed E-state index contributed by atoms with van der Waals surface area (Å²) < 4.78 is 5.12. The minimum atomic E-state index is -0.130. The first kappa shape index (κ1) is 21.1. The van der Waals surface area contributed by atoms with Gasteiger partial charge < -0.3 is 9.64 Å². The van der Waals surface area contributed by atoms with Gasteiger partial charge in [-0.25, -0.2) is 0 Å². The van der Waals surface area contributed by atoms with E-state index in [4.69, 9.17) is 4.74 Å². The average molecular weight is 395 g/mol. The summed E-state index contributed by atoms with van der Waals surface area (Å²) in [7, 11) is 0. The van der Waals surface area contributed by atoms with Crippen LogP contribution < -0.4 is 0 Å². The van der Waals surface area contributed by atoms with Gasteiger partial charge in [0.1, 0.15) is 0 Å². The third-order valence-electron chi connectivity index (χ3n) is 5.32. The molecule has 154 valence electrons. The Balaban J connectivity index is 1.59. The van der Waals surface area contributed by atoms with Crippen molar-refractivity contribution in [2.45, 2.75) is 32.9 Å². The first-order chi connectivity index (χ1) is 14.2. The van der Waals surface area contributed by atoms with Gasteiger partial charge in [0.25, 0.3) is 0 Å². The molecule has 0 atom stereocenters. The van der Waals surface area contributed by atoms with Crippen LogP contribution in [0.4, 0.5) is 0 Å². The summed E-state index contributed by atoms with van der Waals surface area (Å²) in [4.78, 5) is 29.0. The van der Waals surface area contributed by atoms with Crippen LogP contribution in [0.25, 0.3) is 0 Å². The monoisotopic (exact) mass is 394 g/mol. The average Bonchev–Trinajstić information content (AvgIpc) is 2.75. The Morgan fingerprint density at radius 3 is 1.93 bits per heavy atom. The van der Waals surface area contributed by atoms with Crippen molar-refractivity contribution in [2.75, 3.05) is 26.2 Å². The number of ether oxygens (including phenoxy) is 1. The third-order valence-corrected chi connectivity index (χ3v) is 5.32. The Morgan fingerprint density at radius 1 is 0.931 bits per heavy atom. The molecule has 2 aromatic carbocycles. The van der Waals surface area contributed by atoms with Crippen LogP contribution in [0, 0.1) is 5.92 Å². The lowest BCUT2D eigenvalue weighted by molar-refractivity contribution is -0.151. The van der Waals surface area contributed by atoms with E-state index in [9.17, 15) is 9.59 Å². The molecule has 1 amide bonds. The van der Waals surface area contributed by atoms with Crippen LogP contribution in [-0.4, -0.2) is 47.9 Å². The first-order valence-electron chi connectivity index (χ1n) is 10.4. The van der Waals surface area contributed by atoms with Crippen LogP contribution >= 0.6 is 0 Å². The van der Waals surface area contributed by atoms with Crippen molar-refractivity contribution in [3.05, 3.63) is 71.8 Å². The maximum atomic E-state index is 13.0. The molecule has 0 bridgehead atoms. The minimum Gasteiger partial charge on any atom is -0.466 e. The van der Waals surface area contributed by atoms with E-state index in [1.807, 2.05) is 48.2 Å². The highest BCUT2D eigenvalue weighted by molar-refractivity contribution is 5.79. The SMILES string of the molecule is CCOC(=O)C1CCN(C(=O)CN(Cc2ccccc2)Cc2ccccc2)CC1. The molecule has 2 aromatic rings. The van der Waals surface area contributed by atoms with Crippen molar-refractivity contribution >= 4 is 11.9 Å². The van der Waals surface area contributed by atoms with Gasteiger partial charge in [-0.3, -0.25) is 14.5 Å². The van der Waals surface area contributed by atoms with Crippen LogP contribution in [0.15, 0.2) is 60.7 Å². The molecule has 3 rings (SSSR count). The summed E-state index contributed by atoms with van der Waals surface area (Å²) in [5.74, 6) is -0.0858. The standard InChI is InChI=1S/C24H30N2O3/c1-2-29-24(28)22-13-15-26(16-14-22)23(27)19-25(17-20-9-5-3-6-10-20)18-21-11-7-4-8-12-21/h3-12,22H,2,13-19H2,1H3. The molecule has 0 aromatic heterocycles. The lowest BCUT2D eigenvalue weighted by atomic mass is 9.97. The molecule has 1 aliphatic heterocycles. The van der Waals surface area contributed by atoms with Crippen molar-refractivity contribution in [2.24, 2.45) is 5.92 Å².